The molecule has 4 nitrogen and oxygen atoms in total. The minimum atomic E-state index is 0.189. The van der Waals surface area contributed by atoms with Gasteiger partial charge < -0.3 is 10.1 Å². The lowest BCUT2D eigenvalue weighted by Gasteiger charge is -2.09. The third kappa shape index (κ3) is 2.98. The number of benzene rings is 1. The zero-order valence-electron chi connectivity index (χ0n) is 10.8. The molecule has 0 aliphatic carbocycles. The van der Waals surface area contributed by atoms with Crippen LogP contribution in [0.4, 0.5) is 5.82 Å². The Morgan fingerprint density at radius 2 is 1.94 bits per heavy atom. The lowest BCUT2D eigenvalue weighted by Crippen LogP contribution is -2.05. The Labute approximate surface area is 111 Å². The Balaban J connectivity index is 2.20. The SMILES string of the molecule is CCNc1nsnc1-c1ccc(OC(C)C)cc1. The van der Waals surface area contributed by atoms with Crippen molar-refractivity contribution in [1.29, 1.82) is 0 Å². The zero-order chi connectivity index (χ0) is 13.0. The predicted molar refractivity (Wildman–Crippen MR) is 75.3 cm³/mol. The van der Waals surface area contributed by atoms with Crippen LogP contribution in [0.5, 0.6) is 5.75 Å². The number of hydrogen-bond donors (Lipinski definition) is 1. The second-order valence-electron chi connectivity index (χ2n) is 4.18. The van der Waals surface area contributed by atoms with Crippen molar-refractivity contribution in [2.24, 2.45) is 0 Å². The van der Waals surface area contributed by atoms with Crippen molar-refractivity contribution in [2.75, 3.05) is 11.9 Å². The normalized spacial score (nSPS) is 10.7. The van der Waals surface area contributed by atoms with Gasteiger partial charge in [0.05, 0.1) is 17.8 Å². The Morgan fingerprint density at radius 3 is 2.56 bits per heavy atom. The summed E-state index contributed by atoms with van der Waals surface area (Å²) in [5.41, 5.74) is 1.95. The van der Waals surface area contributed by atoms with Gasteiger partial charge in [-0.3, -0.25) is 0 Å². The van der Waals surface area contributed by atoms with Gasteiger partial charge in [0.25, 0.3) is 0 Å². The molecule has 0 radical (unpaired) electrons. The van der Waals surface area contributed by atoms with Crippen molar-refractivity contribution in [2.45, 2.75) is 26.9 Å². The summed E-state index contributed by atoms with van der Waals surface area (Å²) in [5, 5.41) is 3.21. The standard InChI is InChI=1S/C13H17N3OS/c1-4-14-13-12(15-18-16-13)10-5-7-11(8-6-10)17-9(2)3/h5-9H,4H2,1-3H3,(H,14,16). The molecule has 0 unspecified atom stereocenters. The lowest BCUT2D eigenvalue weighted by molar-refractivity contribution is 0.242. The fourth-order valence-corrected chi connectivity index (χ4v) is 2.17. The Morgan fingerprint density at radius 1 is 1.22 bits per heavy atom. The van der Waals surface area contributed by atoms with E-state index in [4.69, 9.17) is 4.74 Å². The van der Waals surface area contributed by atoms with Crippen molar-refractivity contribution in [3.8, 4) is 17.0 Å². The fraction of sp³-hybridized carbons (Fsp3) is 0.385. The molecule has 0 spiro atoms. The fourth-order valence-electron chi connectivity index (χ4n) is 1.62. The Hall–Kier alpha value is -1.62. The quantitative estimate of drug-likeness (QED) is 0.898. The monoisotopic (exact) mass is 263 g/mol. The van der Waals surface area contributed by atoms with Gasteiger partial charge in [-0.1, -0.05) is 0 Å². The van der Waals surface area contributed by atoms with Gasteiger partial charge in [0.1, 0.15) is 11.4 Å². The molecule has 18 heavy (non-hydrogen) atoms. The molecule has 0 amide bonds. The van der Waals surface area contributed by atoms with Crippen molar-refractivity contribution in [3.05, 3.63) is 24.3 Å². The summed E-state index contributed by atoms with van der Waals surface area (Å²) in [6.45, 7) is 6.92. The molecule has 1 aromatic heterocycles. The summed E-state index contributed by atoms with van der Waals surface area (Å²) >= 11 is 1.22. The molecule has 0 atom stereocenters. The second kappa shape index (κ2) is 5.82. The van der Waals surface area contributed by atoms with Gasteiger partial charge in [-0.2, -0.15) is 8.75 Å². The first-order valence-corrected chi connectivity index (χ1v) is 6.77. The maximum atomic E-state index is 5.62. The van der Waals surface area contributed by atoms with Crippen LogP contribution in [0.1, 0.15) is 20.8 Å². The third-order valence-corrected chi connectivity index (χ3v) is 2.86. The first kappa shape index (κ1) is 12.8. The number of nitrogens with one attached hydrogen (secondary N) is 1. The average Bonchev–Trinajstić information content (AvgIpc) is 2.78. The molecular weight excluding hydrogens is 246 g/mol. The molecule has 5 heteroatoms. The van der Waals surface area contributed by atoms with Crippen molar-refractivity contribution in [3.63, 3.8) is 0 Å². The Kier molecular flexibility index (Phi) is 4.15. The van der Waals surface area contributed by atoms with Crippen LogP contribution in [0.15, 0.2) is 24.3 Å². The molecule has 2 aromatic rings. The molecule has 0 aliphatic rings. The number of nitrogens with zero attached hydrogens (tertiary/aromatic N) is 2. The molecule has 1 N–H and O–H groups in total. The highest BCUT2D eigenvalue weighted by atomic mass is 32.1. The molecule has 0 fully saturated rings. The van der Waals surface area contributed by atoms with Crippen LogP contribution < -0.4 is 10.1 Å². The number of anilines is 1. The summed E-state index contributed by atoms with van der Waals surface area (Å²) in [7, 11) is 0. The second-order valence-corrected chi connectivity index (χ2v) is 4.71. The van der Waals surface area contributed by atoms with E-state index in [0.29, 0.717) is 0 Å². The maximum absolute atomic E-state index is 5.62. The van der Waals surface area contributed by atoms with Crippen LogP contribution in [0, 0.1) is 0 Å². The van der Waals surface area contributed by atoms with Gasteiger partial charge in [-0.25, -0.2) is 0 Å². The summed E-state index contributed by atoms with van der Waals surface area (Å²) < 4.78 is 14.2. The van der Waals surface area contributed by atoms with Gasteiger partial charge in [0.2, 0.25) is 0 Å². The van der Waals surface area contributed by atoms with Crippen LogP contribution in [-0.2, 0) is 0 Å². The van der Waals surface area contributed by atoms with E-state index >= 15 is 0 Å². The molecule has 2 rings (SSSR count). The van der Waals surface area contributed by atoms with Gasteiger partial charge in [0, 0.05) is 12.1 Å². The van der Waals surface area contributed by atoms with Crippen LogP contribution in [0.2, 0.25) is 0 Å². The van der Waals surface area contributed by atoms with Crippen LogP contribution >= 0.6 is 11.7 Å². The summed E-state index contributed by atoms with van der Waals surface area (Å²) in [6, 6.07) is 7.94. The lowest BCUT2D eigenvalue weighted by atomic mass is 10.1. The zero-order valence-corrected chi connectivity index (χ0v) is 11.6. The van der Waals surface area contributed by atoms with Gasteiger partial charge in [-0.15, -0.1) is 0 Å². The number of ether oxygens (including phenoxy) is 1. The van der Waals surface area contributed by atoms with Crippen LogP contribution in [-0.4, -0.2) is 21.4 Å². The van der Waals surface area contributed by atoms with Gasteiger partial charge >= 0.3 is 0 Å². The first-order valence-electron chi connectivity index (χ1n) is 6.04. The molecule has 0 saturated heterocycles. The number of hydrogen-bond acceptors (Lipinski definition) is 5. The van der Waals surface area contributed by atoms with Crippen molar-refractivity contribution in [1.82, 2.24) is 8.75 Å². The largest absolute Gasteiger partial charge is 0.491 e. The molecular formula is C13H17N3OS. The molecule has 0 saturated carbocycles. The van der Waals surface area contributed by atoms with E-state index in [9.17, 15) is 0 Å². The van der Waals surface area contributed by atoms with Gasteiger partial charge in [0.15, 0.2) is 5.82 Å². The molecule has 1 heterocycles. The topological polar surface area (TPSA) is 47.0 Å². The van der Waals surface area contributed by atoms with Gasteiger partial charge in [-0.05, 0) is 45.0 Å². The highest BCUT2D eigenvalue weighted by molar-refractivity contribution is 6.99. The van der Waals surface area contributed by atoms with Crippen LogP contribution in [0.25, 0.3) is 11.3 Å². The highest BCUT2D eigenvalue weighted by Crippen LogP contribution is 2.27. The van der Waals surface area contributed by atoms with E-state index in [1.807, 2.05) is 45.0 Å². The molecule has 0 aliphatic heterocycles. The number of rotatable bonds is 5. The van der Waals surface area contributed by atoms with Crippen molar-refractivity contribution < 1.29 is 4.74 Å². The first-order chi connectivity index (χ1) is 8.70. The van der Waals surface area contributed by atoms with E-state index in [1.54, 1.807) is 0 Å². The van der Waals surface area contributed by atoms with E-state index < -0.39 is 0 Å². The number of aromatic nitrogens is 2. The predicted octanol–water partition coefficient (Wildman–Crippen LogP) is 3.42. The van der Waals surface area contributed by atoms with E-state index in [0.717, 1.165) is 29.4 Å². The van der Waals surface area contributed by atoms with E-state index in [2.05, 4.69) is 14.1 Å². The Bertz CT molecular complexity index is 493. The molecule has 1 aromatic carbocycles. The minimum absolute atomic E-state index is 0.189. The van der Waals surface area contributed by atoms with Crippen LogP contribution in [0.3, 0.4) is 0 Å². The summed E-state index contributed by atoms with van der Waals surface area (Å²) in [4.78, 5) is 0. The highest BCUT2D eigenvalue weighted by Gasteiger charge is 2.09. The summed E-state index contributed by atoms with van der Waals surface area (Å²) in [5.74, 6) is 1.72. The molecule has 0 bridgehead atoms. The maximum Gasteiger partial charge on any atom is 0.168 e. The average molecular weight is 263 g/mol. The summed E-state index contributed by atoms with van der Waals surface area (Å²) in [6.07, 6.45) is 0.189. The van der Waals surface area contributed by atoms with Crippen molar-refractivity contribution >= 4 is 17.5 Å². The molecule has 96 valence electrons. The smallest absolute Gasteiger partial charge is 0.168 e. The van der Waals surface area contributed by atoms with E-state index in [-0.39, 0.29) is 6.10 Å². The van der Waals surface area contributed by atoms with E-state index in [1.165, 1.54) is 11.7 Å². The third-order valence-electron chi connectivity index (χ3n) is 2.33. The minimum Gasteiger partial charge on any atom is -0.491 e.